The fourth-order valence-electron chi connectivity index (χ4n) is 2.96. The molecule has 3 amide bonds. The number of carbonyl (C=O) groups excluding carboxylic acids is 2. The number of hydrogen-bond acceptors (Lipinski definition) is 5. The Morgan fingerprint density at radius 2 is 2.00 bits per heavy atom. The van der Waals surface area contributed by atoms with E-state index in [0.717, 1.165) is 31.1 Å². The Kier molecular flexibility index (Phi) is 4.48. The van der Waals surface area contributed by atoms with Crippen molar-refractivity contribution < 1.29 is 19.5 Å². The molecular weight excluding hydrogens is 276 g/mol. The van der Waals surface area contributed by atoms with Gasteiger partial charge in [0.05, 0.1) is 12.6 Å². The van der Waals surface area contributed by atoms with Crippen molar-refractivity contribution in [2.24, 2.45) is 5.92 Å². The van der Waals surface area contributed by atoms with E-state index in [2.05, 4.69) is 10.6 Å². The second-order valence-electron chi connectivity index (χ2n) is 5.67. The van der Waals surface area contributed by atoms with E-state index in [1.165, 1.54) is 6.92 Å². The molecule has 21 heavy (non-hydrogen) atoms. The smallest absolute Gasteiger partial charge is 0.326 e. The zero-order chi connectivity index (χ0) is 15.6. The first-order chi connectivity index (χ1) is 9.90. The molecule has 0 aromatic carbocycles. The molecule has 3 N–H and O–H groups in total. The van der Waals surface area contributed by atoms with Gasteiger partial charge in [-0.05, 0) is 13.3 Å². The van der Waals surface area contributed by atoms with Crippen LogP contribution >= 0.6 is 0 Å². The molecule has 2 aliphatic heterocycles. The van der Waals surface area contributed by atoms with Gasteiger partial charge in [-0.25, -0.2) is 9.69 Å². The highest BCUT2D eigenvalue weighted by atomic mass is 16.4. The van der Waals surface area contributed by atoms with E-state index in [0.29, 0.717) is 0 Å². The largest absolute Gasteiger partial charge is 0.481 e. The van der Waals surface area contributed by atoms with Crippen LogP contribution in [0.25, 0.3) is 0 Å². The molecule has 0 saturated carbocycles. The van der Waals surface area contributed by atoms with E-state index in [-0.39, 0.29) is 13.1 Å². The van der Waals surface area contributed by atoms with Crippen LogP contribution in [-0.4, -0.2) is 71.2 Å². The summed E-state index contributed by atoms with van der Waals surface area (Å²) >= 11 is 0. The highest BCUT2D eigenvalue weighted by Gasteiger charge is 2.54. The van der Waals surface area contributed by atoms with Gasteiger partial charge in [0.1, 0.15) is 5.54 Å². The Hall–Kier alpha value is -1.67. The molecule has 0 radical (unpaired) electrons. The van der Waals surface area contributed by atoms with Gasteiger partial charge in [0, 0.05) is 26.2 Å². The van der Waals surface area contributed by atoms with Crippen molar-refractivity contribution in [3.05, 3.63) is 0 Å². The summed E-state index contributed by atoms with van der Waals surface area (Å²) in [7, 11) is 0. The van der Waals surface area contributed by atoms with Crippen LogP contribution in [0.3, 0.4) is 0 Å². The second kappa shape index (κ2) is 5.98. The molecule has 2 rings (SSSR count). The van der Waals surface area contributed by atoms with Crippen LogP contribution in [0.4, 0.5) is 4.79 Å². The summed E-state index contributed by atoms with van der Waals surface area (Å²) in [5, 5.41) is 15.0. The monoisotopic (exact) mass is 298 g/mol. The third-order valence-electron chi connectivity index (χ3n) is 4.26. The fraction of sp³-hybridized carbons (Fsp3) is 0.769. The van der Waals surface area contributed by atoms with Crippen molar-refractivity contribution in [2.45, 2.75) is 25.8 Å². The standard InChI is InChI=1S/C13H22N4O4/c1-3-9(10(18)19)13(2)11(20)17(12(21)15-13)8-16-6-4-14-5-7-16/h9,14H,3-8H2,1-2H3,(H,15,21)(H,18,19). The number of hydrogen-bond donors (Lipinski definition) is 3. The first kappa shape index (κ1) is 15.7. The Bertz CT molecular complexity index is 449. The average Bonchev–Trinajstić information content (AvgIpc) is 2.64. The van der Waals surface area contributed by atoms with Gasteiger partial charge in [-0.15, -0.1) is 0 Å². The lowest BCUT2D eigenvalue weighted by atomic mass is 9.83. The van der Waals surface area contributed by atoms with Gasteiger partial charge in [-0.2, -0.15) is 0 Å². The third kappa shape index (κ3) is 2.86. The Labute approximate surface area is 123 Å². The first-order valence-electron chi connectivity index (χ1n) is 7.20. The van der Waals surface area contributed by atoms with Crippen LogP contribution in [-0.2, 0) is 9.59 Å². The van der Waals surface area contributed by atoms with Gasteiger partial charge in [0.2, 0.25) is 0 Å². The predicted octanol–water partition coefficient (Wildman–Crippen LogP) is -0.730. The number of carbonyl (C=O) groups is 3. The SMILES string of the molecule is CCC(C(=O)O)C1(C)NC(=O)N(CN2CCNCC2)C1=O. The summed E-state index contributed by atoms with van der Waals surface area (Å²) in [6.45, 7) is 6.53. The molecule has 2 unspecified atom stereocenters. The minimum Gasteiger partial charge on any atom is -0.481 e. The van der Waals surface area contributed by atoms with Crippen LogP contribution in [0.2, 0.25) is 0 Å². The summed E-state index contributed by atoms with van der Waals surface area (Å²) in [5.74, 6) is -2.46. The topological polar surface area (TPSA) is 102 Å². The lowest BCUT2D eigenvalue weighted by Gasteiger charge is -2.31. The van der Waals surface area contributed by atoms with Gasteiger partial charge in [-0.1, -0.05) is 6.92 Å². The van der Waals surface area contributed by atoms with Crippen molar-refractivity contribution >= 4 is 17.9 Å². The third-order valence-corrected chi connectivity index (χ3v) is 4.26. The molecule has 0 aliphatic carbocycles. The number of aliphatic carboxylic acids is 1. The number of carboxylic acid groups (broad SMARTS) is 1. The summed E-state index contributed by atoms with van der Waals surface area (Å²) in [6, 6.07) is -0.513. The van der Waals surface area contributed by atoms with Crippen molar-refractivity contribution in [1.29, 1.82) is 0 Å². The Balaban J connectivity index is 2.13. The van der Waals surface area contributed by atoms with Gasteiger partial charge >= 0.3 is 12.0 Å². The predicted molar refractivity (Wildman–Crippen MR) is 74.5 cm³/mol. The number of nitrogens with one attached hydrogen (secondary N) is 2. The zero-order valence-corrected chi connectivity index (χ0v) is 12.4. The molecule has 8 nitrogen and oxygen atoms in total. The highest BCUT2D eigenvalue weighted by Crippen LogP contribution is 2.28. The molecule has 2 atom stereocenters. The molecule has 0 aromatic heterocycles. The molecule has 2 fully saturated rings. The number of urea groups is 1. The minimum absolute atomic E-state index is 0.206. The first-order valence-corrected chi connectivity index (χ1v) is 7.20. The number of carboxylic acids is 1. The maximum Gasteiger partial charge on any atom is 0.326 e. The number of nitrogens with zero attached hydrogens (tertiary/aromatic N) is 2. The zero-order valence-electron chi connectivity index (χ0n) is 12.4. The molecule has 2 aliphatic rings. The van der Waals surface area contributed by atoms with Crippen LogP contribution in [0.1, 0.15) is 20.3 Å². The second-order valence-corrected chi connectivity index (χ2v) is 5.67. The lowest BCUT2D eigenvalue weighted by molar-refractivity contribution is -0.149. The quantitative estimate of drug-likeness (QED) is 0.578. The molecule has 118 valence electrons. The molecule has 2 heterocycles. The van der Waals surface area contributed by atoms with Gasteiger partial charge in [0.25, 0.3) is 5.91 Å². The van der Waals surface area contributed by atoms with Crippen LogP contribution in [0.5, 0.6) is 0 Å². The molecule has 2 saturated heterocycles. The minimum atomic E-state index is -1.37. The normalized spacial score (nSPS) is 28.6. The average molecular weight is 298 g/mol. The molecule has 0 bridgehead atoms. The van der Waals surface area contributed by atoms with E-state index < -0.39 is 29.4 Å². The summed E-state index contributed by atoms with van der Waals surface area (Å²) in [6.07, 6.45) is 0.277. The van der Waals surface area contributed by atoms with Crippen LogP contribution in [0.15, 0.2) is 0 Å². The Morgan fingerprint density at radius 1 is 1.38 bits per heavy atom. The van der Waals surface area contributed by atoms with Crippen molar-refractivity contribution in [2.75, 3.05) is 32.8 Å². The van der Waals surface area contributed by atoms with Gasteiger partial charge in [0.15, 0.2) is 0 Å². The molecular formula is C13H22N4O4. The van der Waals surface area contributed by atoms with E-state index in [4.69, 9.17) is 0 Å². The van der Waals surface area contributed by atoms with Crippen molar-refractivity contribution in [3.8, 4) is 0 Å². The number of imide groups is 1. The molecule has 0 spiro atoms. The maximum atomic E-state index is 12.6. The Morgan fingerprint density at radius 3 is 2.52 bits per heavy atom. The van der Waals surface area contributed by atoms with Crippen molar-refractivity contribution in [3.63, 3.8) is 0 Å². The van der Waals surface area contributed by atoms with Crippen molar-refractivity contribution in [1.82, 2.24) is 20.4 Å². The number of rotatable bonds is 5. The van der Waals surface area contributed by atoms with Crippen LogP contribution < -0.4 is 10.6 Å². The summed E-state index contributed by atoms with van der Waals surface area (Å²) < 4.78 is 0. The number of piperazine rings is 1. The van der Waals surface area contributed by atoms with E-state index in [1.807, 2.05) is 4.90 Å². The van der Waals surface area contributed by atoms with E-state index >= 15 is 0 Å². The molecule has 0 aromatic rings. The van der Waals surface area contributed by atoms with Gasteiger partial charge < -0.3 is 15.7 Å². The van der Waals surface area contributed by atoms with E-state index in [1.54, 1.807) is 6.92 Å². The van der Waals surface area contributed by atoms with E-state index in [9.17, 15) is 19.5 Å². The summed E-state index contributed by atoms with van der Waals surface area (Å²) in [4.78, 5) is 39.1. The summed E-state index contributed by atoms with van der Waals surface area (Å²) in [5.41, 5.74) is -1.37. The van der Waals surface area contributed by atoms with Gasteiger partial charge in [-0.3, -0.25) is 14.5 Å². The van der Waals surface area contributed by atoms with Crippen LogP contribution in [0, 0.1) is 5.92 Å². The lowest BCUT2D eigenvalue weighted by Crippen LogP contribution is -2.54. The highest BCUT2D eigenvalue weighted by molar-refractivity contribution is 6.08. The fourth-order valence-corrected chi connectivity index (χ4v) is 2.96. The molecule has 8 heteroatoms. The number of amides is 3. The maximum absolute atomic E-state index is 12.6.